The van der Waals surface area contributed by atoms with Gasteiger partial charge in [0.15, 0.2) is 6.61 Å². The van der Waals surface area contributed by atoms with Crippen molar-refractivity contribution in [3.8, 4) is 5.75 Å². The van der Waals surface area contributed by atoms with Gasteiger partial charge in [0, 0.05) is 37.1 Å². The molecule has 3 aromatic rings. The summed E-state index contributed by atoms with van der Waals surface area (Å²) in [5, 5.41) is 5.47. The van der Waals surface area contributed by atoms with Crippen LogP contribution in [-0.4, -0.2) is 28.4 Å². The molecular weight excluding hydrogens is 421 g/mol. The van der Waals surface area contributed by atoms with Crippen molar-refractivity contribution >= 4 is 11.7 Å². The van der Waals surface area contributed by atoms with E-state index < -0.39 is 18.8 Å². The molecule has 0 bridgehead atoms. The molecule has 0 aliphatic rings. The summed E-state index contributed by atoms with van der Waals surface area (Å²) in [6.45, 7) is 3.58. The van der Waals surface area contributed by atoms with Crippen LogP contribution in [0.1, 0.15) is 36.7 Å². The van der Waals surface area contributed by atoms with Crippen LogP contribution in [0.25, 0.3) is 0 Å². The lowest BCUT2D eigenvalue weighted by molar-refractivity contribution is -0.153. The van der Waals surface area contributed by atoms with E-state index in [4.69, 9.17) is 4.74 Å². The smallest absolute Gasteiger partial charge is 0.422 e. The molecule has 1 aromatic heterocycles. The molecule has 2 amide bonds. The summed E-state index contributed by atoms with van der Waals surface area (Å²) in [4.78, 5) is 16.7. The fraction of sp³-hybridized carbons (Fsp3) is 0.304. The summed E-state index contributed by atoms with van der Waals surface area (Å²) in [6.07, 6.45) is -0.709. The van der Waals surface area contributed by atoms with Crippen molar-refractivity contribution in [2.24, 2.45) is 0 Å². The molecule has 0 radical (unpaired) electrons. The molecule has 6 nitrogen and oxygen atoms in total. The number of imidazole rings is 1. The minimum atomic E-state index is -4.41. The first-order chi connectivity index (χ1) is 15.2. The molecule has 0 saturated carbocycles. The maximum Gasteiger partial charge on any atom is 0.422 e. The summed E-state index contributed by atoms with van der Waals surface area (Å²) in [6, 6.07) is 13.2. The first-order valence-corrected chi connectivity index (χ1v) is 10.1. The highest BCUT2D eigenvalue weighted by Gasteiger charge is 2.28. The van der Waals surface area contributed by atoms with Gasteiger partial charge in [-0.2, -0.15) is 13.2 Å². The van der Waals surface area contributed by atoms with Gasteiger partial charge in [0.05, 0.1) is 0 Å². The molecule has 32 heavy (non-hydrogen) atoms. The molecule has 170 valence electrons. The van der Waals surface area contributed by atoms with Crippen molar-refractivity contribution in [2.75, 3.05) is 11.9 Å². The van der Waals surface area contributed by atoms with E-state index >= 15 is 0 Å². The minimum Gasteiger partial charge on any atom is -0.484 e. The number of ether oxygens (including phenoxy) is 1. The van der Waals surface area contributed by atoms with Crippen molar-refractivity contribution in [1.82, 2.24) is 14.9 Å². The van der Waals surface area contributed by atoms with Gasteiger partial charge in [-0.15, -0.1) is 0 Å². The molecule has 1 heterocycles. The number of benzene rings is 2. The van der Waals surface area contributed by atoms with Crippen LogP contribution >= 0.6 is 0 Å². The Kier molecular flexibility index (Phi) is 7.40. The molecule has 9 heteroatoms. The van der Waals surface area contributed by atoms with Gasteiger partial charge >= 0.3 is 12.2 Å². The number of nitrogens with one attached hydrogen (secondary N) is 2. The summed E-state index contributed by atoms with van der Waals surface area (Å²) in [7, 11) is 0. The van der Waals surface area contributed by atoms with Crippen LogP contribution in [-0.2, 0) is 13.1 Å². The van der Waals surface area contributed by atoms with Gasteiger partial charge < -0.3 is 19.9 Å². The highest BCUT2D eigenvalue weighted by atomic mass is 19.4. The molecule has 3 rings (SSSR count). The van der Waals surface area contributed by atoms with Crippen LogP contribution in [0.3, 0.4) is 0 Å². The maximum absolute atomic E-state index is 12.3. The lowest BCUT2D eigenvalue weighted by Crippen LogP contribution is -2.28. The van der Waals surface area contributed by atoms with Gasteiger partial charge in [0.25, 0.3) is 0 Å². The number of rotatable bonds is 8. The fourth-order valence-corrected chi connectivity index (χ4v) is 3.17. The molecule has 0 fully saturated rings. The molecule has 0 aliphatic heterocycles. The van der Waals surface area contributed by atoms with Gasteiger partial charge in [0.1, 0.15) is 11.6 Å². The number of urea groups is 1. The van der Waals surface area contributed by atoms with E-state index in [1.54, 1.807) is 24.4 Å². The number of aromatic nitrogens is 2. The Balaban J connectivity index is 1.54. The van der Waals surface area contributed by atoms with E-state index in [-0.39, 0.29) is 12.3 Å². The lowest BCUT2D eigenvalue weighted by atomic mass is 10.1. The highest BCUT2D eigenvalue weighted by molar-refractivity contribution is 5.89. The second kappa shape index (κ2) is 10.2. The van der Waals surface area contributed by atoms with Crippen LogP contribution in [0.2, 0.25) is 0 Å². The van der Waals surface area contributed by atoms with Crippen molar-refractivity contribution in [3.63, 3.8) is 0 Å². The second-order valence-corrected chi connectivity index (χ2v) is 7.63. The van der Waals surface area contributed by atoms with Crippen LogP contribution in [0.4, 0.5) is 23.7 Å². The first-order valence-electron chi connectivity index (χ1n) is 10.1. The Morgan fingerprint density at radius 2 is 1.88 bits per heavy atom. The summed E-state index contributed by atoms with van der Waals surface area (Å²) >= 11 is 0. The Morgan fingerprint density at radius 3 is 2.62 bits per heavy atom. The molecule has 0 unspecified atom stereocenters. The number of carbonyl (C=O) groups is 1. The normalized spacial score (nSPS) is 11.4. The molecular formula is C23H25F3N4O2. The van der Waals surface area contributed by atoms with Gasteiger partial charge in [-0.3, -0.25) is 0 Å². The number of hydrogen-bond donors (Lipinski definition) is 2. The minimum absolute atomic E-state index is 0.0926. The van der Waals surface area contributed by atoms with Gasteiger partial charge in [-0.1, -0.05) is 38.1 Å². The number of anilines is 1. The van der Waals surface area contributed by atoms with E-state index in [2.05, 4.69) is 34.0 Å². The van der Waals surface area contributed by atoms with E-state index in [0.29, 0.717) is 23.7 Å². The second-order valence-electron chi connectivity index (χ2n) is 7.63. The average molecular weight is 446 g/mol. The van der Waals surface area contributed by atoms with E-state index in [0.717, 1.165) is 11.4 Å². The molecule has 0 aliphatic carbocycles. The zero-order valence-electron chi connectivity index (χ0n) is 17.8. The van der Waals surface area contributed by atoms with Crippen molar-refractivity contribution < 1.29 is 22.7 Å². The number of amides is 2. The summed E-state index contributed by atoms with van der Waals surface area (Å²) in [5.74, 6) is 1.38. The largest absolute Gasteiger partial charge is 0.484 e. The standard InChI is InChI=1S/C23H25F3N4O2/c1-16(2)21-27-9-10-30(21)14-18-6-3-7-19(11-18)29-22(31)28-13-17-5-4-8-20(12-17)32-15-23(24,25)26/h3-12,16H,13-15H2,1-2H3,(H2,28,29,31). The molecule has 0 saturated heterocycles. The van der Waals surface area contributed by atoms with Crippen LogP contribution in [0, 0.1) is 0 Å². The fourth-order valence-electron chi connectivity index (χ4n) is 3.17. The molecule has 0 atom stereocenters. The third-order valence-electron chi connectivity index (χ3n) is 4.56. The van der Waals surface area contributed by atoms with Crippen molar-refractivity contribution in [2.45, 2.75) is 39.0 Å². The third-order valence-corrected chi connectivity index (χ3v) is 4.56. The number of carbonyl (C=O) groups excluding carboxylic acids is 1. The Bertz CT molecular complexity index is 1050. The number of hydrogen-bond acceptors (Lipinski definition) is 3. The lowest BCUT2D eigenvalue weighted by Gasteiger charge is -2.13. The predicted molar refractivity (Wildman–Crippen MR) is 116 cm³/mol. The first kappa shape index (κ1) is 23.2. The molecule has 2 aromatic carbocycles. The van der Waals surface area contributed by atoms with Crippen LogP contribution in [0.5, 0.6) is 5.75 Å². The van der Waals surface area contributed by atoms with E-state index in [1.807, 2.05) is 24.4 Å². The van der Waals surface area contributed by atoms with Crippen LogP contribution in [0.15, 0.2) is 60.9 Å². The van der Waals surface area contributed by atoms with E-state index in [1.165, 1.54) is 12.1 Å². The Labute approximate surface area is 184 Å². The van der Waals surface area contributed by atoms with Gasteiger partial charge in [-0.05, 0) is 35.4 Å². The SMILES string of the molecule is CC(C)c1nccn1Cc1cccc(NC(=O)NCc2cccc(OCC(F)(F)F)c2)c1. The average Bonchev–Trinajstić information content (AvgIpc) is 3.19. The number of nitrogens with zero attached hydrogens (tertiary/aromatic N) is 2. The third kappa shape index (κ3) is 7.04. The topological polar surface area (TPSA) is 68.2 Å². The van der Waals surface area contributed by atoms with Gasteiger partial charge in [0.2, 0.25) is 0 Å². The quantitative estimate of drug-likeness (QED) is 0.492. The van der Waals surface area contributed by atoms with Crippen molar-refractivity contribution in [1.29, 1.82) is 0 Å². The molecule has 0 spiro atoms. The Hall–Kier alpha value is -3.49. The van der Waals surface area contributed by atoms with Crippen LogP contribution < -0.4 is 15.4 Å². The monoisotopic (exact) mass is 446 g/mol. The predicted octanol–water partition coefficient (Wildman–Crippen LogP) is 5.32. The van der Waals surface area contributed by atoms with Crippen molar-refractivity contribution in [3.05, 3.63) is 77.9 Å². The maximum atomic E-state index is 12.3. The van der Waals surface area contributed by atoms with E-state index in [9.17, 15) is 18.0 Å². The zero-order valence-corrected chi connectivity index (χ0v) is 17.8. The zero-order chi connectivity index (χ0) is 23.1. The summed E-state index contributed by atoms with van der Waals surface area (Å²) < 4.78 is 43.7. The summed E-state index contributed by atoms with van der Waals surface area (Å²) in [5.41, 5.74) is 2.26. The number of alkyl halides is 3. The Morgan fingerprint density at radius 1 is 1.12 bits per heavy atom. The van der Waals surface area contributed by atoms with Gasteiger partial charge in [-0.25, -0.2) is 9.78 Å². The number of halogens is 3. The molecule has 2 N–H and O–H groups in total. The highest BCUT2D eigenvalue weighted by Crippen LogP contribution is 2.20.